The van der Waals surface area contributed by atoms with Gasteiger partial charge in [0.05, 0.1) is 17.3 Å². The van der Waals surface area contributed by atoms with Gasteiger partial charge in [0, 0.05) is 11.3 Å². The van der Waals surface area contributed by atoms with E-state index in [1.165, 1.54) is 22.9 Å². The lowest BCUT2D eigenvalue weighted by Crippen LogP contribution is -2.17. The van der Waals surface area contributed by atoms with Crippen LogP contribution >= 0.6 is 11.8 Å². The average Bonchev–Trinajstić information content (AvgIpc) is 3.07. The maximum Gasteiger partial charge on any atom is 0.238 e. The van der Waals surface area contributed by atoms with Gasteiger partial charge >= 0.3 is 0 Å². The van der Waals surface area contributed by atoms with E-state index in [1.54, 1.807) is 6.07 Å². The van der Waals surface area contributed by atoms with Crippen LogP contribution in [0.15, 0.2) is 58.6 Å². The third-order valence-electron chi connectivity index (χ3n) is 3.87. The first-order chi connectivity index (χ1) is 14.3. The highest BCUT2D eigenvalue weighted by Crippen LogP contribution is 2.24. The maximum absolute atomic E-state index is 12.2. The fourth-order valence-electron chi connectivity index (χ4n) is 2.52. The standard InChI is InChI=1S/C18H20N6O4S2/c1-2-28-14-8-6-12(7-9-14)17-22-23-18(24(17)19)29-11-16(25)21-13-4-3-5-15(10-13)30(20,26)27/h3-10H,2,11,19H2,1H3,(H,21,25)(H2,20,26,27). The number of nitrogens with zero attached hydrogens (tertiary/aromatic N) is 3. The lowest BCUT2D eigenvalue weighted by atomic mass is 10.2. The molecule has 1 amide bonds. The Kier molecular flexibility index (Phi) is 6.59. The molecule has 3 aromatic rings. The van der Waals surface area contributed by atoms with Gasteiger partial charge in [-0.05, 0) is 49.4 Å². The van der Waals surface area contributed by atoms with Crippen molar-refractivity contribution in [3.05, 3.63) is 48.5 Å². The van der Waals surface area contributed by atoms with Crippen LogP contribution in [-0.2, 0) is 14.8 Å². The van der Waals surface area contributed by atoms with Crippen molar-refractivity contribution in [3.63, 3.8) is 0 Å². The summed E-state index contributed by atoms with van der Waals surface area (Å²) in [7, 11) is -3.85. The number of anilines is 1. The molecular formula is C18H20N6O4S2. The fraction of sp³-hybridized carbons (Fsp3) is 0.167. The summed E-state index contributed by atoms with van der Waals surface area (Å²) in [5, 5.41) is 16.2. The second-order valence-corrected chi connectivity index (χ2v) is 8.55. The molecule has 0 unspecified atom stereocenters. The minimum atomic E-state index is -3.85. The minimum Gasteiger partial charge on any atom is -0.494 e. The van der Waals surface area contributed by atoms with Gasteiger partial charge in [0.15, 0.2) is 5.82 Å². The Morgan fingerprint density at radius 3 is 2.60 bits per heavy atom. The monoisotopic (exact) mass is 448 g/mol. The molecule has 0 aliphatic carbocycles. The topological polar surface area (TPSA) is 155 Å². The number of primary sulfonamides is 1. The lowest BCUT2D eigenvalue weighted by molar-refractivity contribution is -0.113. The van der Waals surface area contributed by atoms with Gasteiger partial charge in [0.2, 0.25) is 21.1 Å². The van der Waals surface area contributed by atoms with E-state index in [9.17, 15) is 13.2 Å². The number of hydrogen-bond acceptors (Lipinski definition) is 8. The van der Waals surface area contributed by atoms with Crippen LogP contribution in [0.3, 0.4) is 0 Å². The number of sulfonamides is 1. The number of benzene rings is 2. The molecule has 1 heterocycles. The SMILES string of the molecule is CCOc1ccc(-c2nnc(SCC(=O)Nc3cccc(S(N)(=O)=O)c3)n2N)cc1. The van der Waals surface area contributed by atoms with Crippen molar-refractivity contribution in [2.24, 2.45) is 5.14 Å². The number of amides is 1. The first-order valence-corrected chi connectivity index (χ1v) is 11.3. The normalized spacial score (nSPS) is 11.3. The molecule has 0 fully saturated rings. The van der Waals surface area contributed by atoms with Crippen LogP contribution in [0.25, 0.3) is 11.4 Å². The van der Waals surface area contributed by atoms with E-state index in [1.807, 2.05) is 31.2 Å². The molecule has 0 aliphatic rings. The van der Waals surface area contributed by atoms with Gasteiger partial charge in [0.25, 0.3) is 0 Å². The fourth-order valence-corrected chi connectivity index (χ4v) is 3.73. The Hall–Kier alpha value is -3.09. The second-order valence-electron chi connectivity index (χ2n) is 6.04. The molecule has 0 saturated carbocycles. The summed E-state index contributed by atoms with van der Waals surface area (Å²) in [6.45, 7) is 2.47. The van der Waals surface area contributed by atoms with E-state index in [2.05, 4.69) is 15.5 Å². The van der Waals surface area contributed by atoms with Gasteiger partial charge in [-0.15, -0.1) is 10.2 Å². The van der Waals surface area contributed by atoms with Crippen molar-refractivity contribution in [1.82, 2.24) is 14.9 Å². The molecule has 0 saturated heterocycles. The molecule has 1 aromatic heterocycles. The van der Waals surface area contributed by atoms with Crippen LogP contribution in [-0.4, -0.2) is 41.6 Å². The van der Waals surface area contributed by atoms with Crippen molar-refractivity contribution < 1.29 is 17.9 Å². The summed E-state index contributed by atoms with van der Waals surface area (Å²) < 4.78 is 29.5. The third-order valence-corrected chi connectivity index (χ3v) is 5.72. The molecule has 0 spiro atoms. The van der Waals surface area contributed by atoms with Gasteiger partial charge in [-0.25, -0.2) is 18.2 Å². The molecule has 3 rings (SSSR count). The van der Waals surface area contributed by atoms with Crippen LogP contribution in [0.2, 0.25) is 0 Å². The van der Waals surface area contributed by atoms with Crippen molar-refractivity contribution in [2.75, 3.05) is 23.5 Å². The van der Waals surface area contributed by atoms with E-state index >= 15 is 0 Å². The highest BCUT2D eigenvalue weighted by molar-refractivity contribution is 7.99. The number of carbonyl (C=O) groups is 1. The van der Waals surface area contributed by atoms with Gasteiger partial charge in [0.1, 0.15) is 5.75 Å². The van der Waals surface area contributed by atoms with Gasteiger partial charge < -0.3 is 15.9 Å². The molecule has 158 valence electrons. The Morgan fingerprint density at radius 1 is 1.20 bits per heavy atom. The summed E-state index contributed by atoms with van der Waals surface area (Å²) in [6.07, 6.45) is 0. The Bertz CT molecular complexity index is 1150. The van der Waals surface area contributed by atoms with Gasteiger partial charge in [-0.1, -0.05) is 17.8 Å². The molecule has 2 aromatic carbocycles. The van der Waals surface area contributed by atoms with Gasteiger partial charge in [-0.2, -0.15) is 0 Å². The number of nitrogens with one attached hydrogen (secondary N) is 1. The van der Waals surface area contributed by atoms with E-state index in [0.29, 0.717) is 23.3 Å². The first-order valence-electron chi connectivity index (χ1n) is 8.77. The zero-order valence-corrected chi connectivity index (χ0v) is 17.6. The number of thioether (sulfide) groups is 1. The number of nitrogen functional groups attached to an aromatic ring is 1. The summed E-state index contributed by atoms with van der Waals surface area (Å²) in [5.41, 5.74) is 1.07. The van der Waals surface area contributed by atoms with Crippen LogP contribution in [0.1, 0.15) is 6.92 Å². The zero-order chi connectivity index (χ0) is 21.7. The zero-order valence-electron chi connectivity index (χ0n) is 16.0. The molecule has 10 nitrogen and oxygen atoms in total. The van der Waals surface area contributed by atoms with E-state index in [4.69, 9.17) is 15.7 Å². The van der Waals surface area contributed by atoms with E-state index in [0.717, 1.165) is 23.1 Å². The van der Waals surface area contributed by atoms with Crippen LogP contribution in [0.4, 0.5) is 5.69 Å². The maximum atomic E-state index is 12.2. The number of hydrogen-bond donors (Lipinski definition) is 3. The molecule has 0 aliphatic heterocycles. The quantitative estimate of drug-likeness (QED) is 0.345. The number of carbonyl (C=O) groups excluding carboxylic acids is 1. The highest BCUT2D eigenvalue weighted by atomic mass is 32.2. The molecule has 0 atom stereocenters. The number of nitrogens with two attached hydrogens (primary N) is 2. The molecule has 5 N–H and O–H groups in total. The summed E-state index contributed by atoms with van der Waals surface area (Å²) in [4.78, 5) is 12.1. The van der Waals surface area contributed by atoms with Crippen molar-refractivity contribution in [2.45, 2.75) is 17.0 Å². The predicted octanol–water partition coefficient (Wildman–Crippen LogP) is 1.44. The van der Waals surface area contributed by atoms with E-state index < -0.39 is 10.0 Å². The highest BCUT2D eigenvalue weighted by Gasteiger charge is 2.15. The lowest BCUT2D eigenvalue weighted by Gasteiger charge is -2.07. The third kappa shape index (κ3) is 5.28. The number of aromatic nitrogens is 3. The van der Waals surface area contributed by atoms with Crippen LogP contribution in [0.5, 0.6) is 5.75 Å². The summed E-state index contributed by atoms with van der Waals surface area (Å²) >= 11 is 1.10. The second kappa shape index (κ2) is 9.15. The molecule has 0 radical (unpaired) electrons. The van der Waals surface area contributed by atoms with Crippen molar-refractivity contribution in [1.29, 1.82) is 0 Å². The van der Waals surface area contributed by atoms with Crippen LogP contribution in [0, 0.1) is 0 Å². The molecule has 12 heteroatoms. The average molecular weight is 449 g/mol. The Balaban J connectivity index is 1.63. The number of ether oxygens (including phenoxy) is 1. The Morgan fingerprint density at radius 2 is 1.93 bits per heavy atom. The summed E-state index contributed by atoms with van der Waals surface area (Å²) in [5.74, 6) is 6.88. The van der Waals surface area contributed by atoms with Gasteiger partial charge in [-0.3, -0.25) is 4.79 Å². The molecule has 0 bridgehead atoms. The van der Waals surface area contributed by atoms with Crippen LogP contribution < -0.4 is 21.0 Å². The van der Waals surface area contributed by atoms with Crippen molar-refractivity contribution in [3.8, 4) is 17.1 Å². The number of rotatable bonds is 8. The summed E-state index contributed by atoms with van der Waals surface area (Å²) in [6, 6.07) is 12.9. The first kappa shape index (κ1) is 21.6. The minimum absolute atomic E-state index is 0.00177. The largest absolute Gasteiger partial charge is 0.494 e. The molecule has 30 heavy (non-hydrogen) atoms. The smallest absolute Gasteiger partial charge is 0.238 e. The molecular weight excluding hydrogens is 428 g/mol. The Labute approximate surface area is 177 Å². The van der Waals surface area contributed by atoms with E-state index in [-0.39, 0.29) is 16.6 Å². The predicted molar refractivity (Wildman–Crippen MR) is 114 cm³/mol. The van der Waals surface area contributed by atoms with Crippen molar-refractivity contribution >= 4 is 33.4 Å².